The van der Waals surface area contributed by atoms with Crippen molar-refractivity contribution >= 4 is 11.3 Å². The predicted octanol–water partition coefficient (Wildman–Crippen LogP) is 3.05. The number of ether oxygens (including phenoxy) is 4. The number of nitrogens with zero attached hydrogens (tertiary/aromatic N) is 1. The third-order valence-corrected chi connectivity index (χ3v) is 3.32. The molecule has 1 N–H and O–H groups in total. The molecule has 120 valence electrons. The summed E-state index contributed by atoms with van der Waals surface area (Å²) in [4.78, 5) is 0. The lowest BCUT2D eigenvalue weighted by atomic mass is 9.92. The topological polar surface area (TPSA) is 69.5 Å². The lowest BCUT2D eigenvalue weighted by Gasteiger charge is -2.18. The second-order valence-corrected chi connectivity index (χ2v) is 4.87. The Morgan fingerprint density at radius 1 is 1.09 bits per heavy atom. The summed E-state index contributed by atoms with van der Waals surface area (Å²) in [6, 6.07) is 5.60. The van der Waals surface area contributed by atoms with Crippen molar-refractivity contribution in [3.05, 3.63) is 29.8 Å². The Hall–Kier alpha value is -2.05. The summed E-state index contributed by atoms with van der Waals surface area (Å²) in [6.07, 6.45) is 4.52. The van der Waals surface area contributed by atoms with Gasteiger partial charge in [-0.05, 0) is 43.0 Å². The largest absolute Gasteiger partial charge is 0.467 e. The lowest BCUT2D eigenvalue weighted by molar-refractivity contribution is 0.0459. The van der Waals surface area contributed by atoms with Crippen LogP contribution in [0.15, 0.2) is 29.4 Å². The molecule has 6 heteroatoms. The Kier molecular flexibility index (Phi) is 6.24. The van der Waals surface area contributed by atoms with E-state index in [4.69, 9.17) is 24.2 Å². The van der Waals surface area contributed by atoms with E-state index in [9.17, 15) is 0 Å². The minimum absolute atomic E-state index is 0.148. The highest BCUT2D eigenvalue weighted by atomic mass is 16.7. The first kappa shape index (κ1) is 16.3. The number of methoxy groups -OCH3 is 2. The van der Waals surface area contributed by atoms with Crippen molar-refractivity contribution in [3.63, 3.8) is 0 Å². The van der Waals surface area contributed by atoms with Gasteiger partial charge in [-0.2, -0.15) is 0 Å². The van der Waals surface area contributed by atoms with Crippen LogP contribution in [-0.2, 0) is 9.47 Å². The van der Waals surface area contributed by atoms with Crippen molar-refractivity contribution in [1.82, 2.24) is 0 Å². The fourth-order valence-electron chi connectivity index (χ4n) is 2.32. The Morgan fingerprint density at radius 3 is 2.59 bits per heavy atom. The first-order valence-corrected chi connectivity index (χ1v) is 7.08. The van der Waals surface area contributed by atoms with Gasteiger partial charge in [0, 0.05) is 25.8 Å². The minimum Gasteiger partial charge on any atom is -0.467 e. The third kappa shape index (κ3) is 4.22. The van der Waals surface area contributed by atoms with Gasteiger partial charge in [0.2, 0.25) is 0 Å². The summed E-state index contributed by atoms with van der Waals surface area (Å²) < 4.78 is 21.0. The predicted molar refractivity (Wildman–Crippen MR) is 82.5 cm³/mol. The van der Waals surface area contributed by atoms with Crippen molar-refractivity contribution in [2.45, 2.75) is 19.3 Å². The molecular formula is C16H21NO5. The molecule has 0 saturated heterocycles. The quantitative estimate of drug-likeness (QED) is 0.476. The van der Waals surface area contributed by atoms with Crippen LogP contribution in [0.3, 0.4) is 0 Å². The molecular weight excluding hydrogens is 286 g/mol. The van der Waals surface area contributed by atoms with E-state index in [1.165, 1.54) is 0 Å². The average Bonchev–Trinajstić information content (AvgIpc) is 2.58. The molecule has 0 heterocycles. The van der Waals surface area contributed by atoms with Crippen molar-refractivity contribution < 1.29 is 24.2 Å². The maximum atomic E-state index is 8.97. The third-order valence-electron chi connectivity index (χ3n) is 3.32. The number of hydrogen-bond donors (Lipinski definition) is 1. The number of benzene rings is 1. The van der Waals surface area contributed by atoms with Crippen LogP contribution in [0.25, 0.3) is 5.57 Å². The molecule has 0 radical (unpaired) electrons. The smallest absolute Gasteiger partial charge is 0.188 e. The monoisotopic (exact) mass is 307 g/mol. The maximum absolute atomic E-state index is 8.97. The van der Waals surface area contributed by atoms with Crippen LogP contribution in [0.4, 0.5) is 0 Å². The summed E-state index contributed by atoms with van der Waals surface area (Å²) in [7, 11) is 3.14. The molecule has 2 rings (SSSR count). The fraction of sp³-hybridized carbons (Fsp3) is 0.438. The van der Waals surface area contributed by atoms with Gasteiger partial charge >= 0.3 is 0 Å². The molecule has 1 aliphatic rings. The maximum Gasteiger partial charge on any atom is 0.188 e. The van der Waals surface area contributed by atoms with Crippen LogP contribution in [0, 0.1) is 0 Å². The van der Waals surface area contributed by atoms with Crippen LogP contribution >= 0.6 is 0 Å². The molecule has 0 fully saturated rings. The second-order valence-electron chi connectivity index (χ2n) is 4.87. The fourth-order valence-corrected chi connectivity index (χ4v) is 2.32. The molecule has 0 spiro atoms. The van der Waals surface area contributed by atoms with E-state index in [1.807, 2.05) is 18.2 Å². The first-order chi connectivity index (χ1) is 10.8. The van der Waals surface area contributed by atoms with E-state index in [0.717, 1.165) is 30.4 Å². The van der Waals surface area contributed by atoms with Gasteiger partial charge in [-0.15, -0.1) is 0 Å². The minimum atomic E-state index is 0.148. The zero-order valence-corrected chi connectivity index (χ0v) is 12.9. The Morgan fingerprint density at radius 2 is 1.86 bits per heavy atom. The van der Waals surface area contributed by atoms with E-state index < -0.39 is 0 Å². The molecule has 0 saturated carbocycles. The van der Waals surface area contributed by atoms with Gasteiger partial charge in [0.15, 0.2) is 13.6 Å². The Bertz CT molecular complexity index is 553. The molecule has 0 aliphatic heterocycles. The van der Waals surface area contributed by atoms with E-state index in [1.54, 1.807) is 20.3 Å². The summed E-state index contributed by atoms with van der Waals surface area (Å²) >= 11 is 0. The number of oxime groups is 1. The molecule has 0 bridgehead atoms. The molecule has 1 aliphatic carbocycles. The summed E-state index contributed by atoms with van der Waals surface area (Å²) in [6.45, 7) is 0.321. The SMILES string of the molecule is COCOc1ccc(C2=CC(=NO)CCC2)c(OCOC)c1. The number of allylic oxidation sites excluding steroid dienone is 2. The molecule has 22 heavy (non-hydrogen) atoms. The zero-order valence-electron chi connectivity index (χ0n) is 12.9. The highest BCUT2D eigenvalue weighted by Gasteiger charge is 2.16. The standard InChI is InChI=1S/C16H21NO5/c1-19-10-21-14-6-7-15(16(9-14)22-11-20-2)12-4-3-5-13(8-12)17-18/h6-9,18H,3-5,10-11H2,1-2H3. The molecule has 1 aromatic carbocycles. The zero-order chi connectivity index (χ0) is 15.8. The van der Waals surface area contributed by atoms with Gasteiger partial charge in [-0.1, -0.05) is 5.16 Å². The van der Waals surface area contributed by atoms with Crippen molar-refractivity contribution in [1.29, 1.82) is 0 Å². The van der Waals surface area contributed by atoms with Gasteiger partial charge in [0.1, 0.15) is 11.5 Å². The second kappa shape index (κ2) is 8.41. The van der Waals surface area contributed by atoms with Crippen molar-refractivity contribution in [2.75, 3.05) is 27.8 Å². The van der Waals surface area contributed by atoms with Crippen LogP contribution < -0.4 is 9.47 Å². The average molecular weight is 307 g/mol. The molecule has 1 aromatic rings. The van der Waals surface area contributed by atoms with Crippen molar-refractivity contribution in [2.24, 2.45) is 5.16 Å². The Labute approximate surface area is 129 Å². The molecule has 0 unspecified atom stereocenters. The van der Waals surface area contributed by atoms with Crippen LogP contribution in [0.5, 0.6) is 11.5 Å². The Balaban J connectivity index is 2.30. The molecule has 0 atom stereocenters. The number of rotatable bonds is 7. The molecule has 6 nitrogen and oxygen atoms in total. The first-order valence-electron chi connectivity index (χ1n) is 7.08. The highest BCUT2D eigenvalue weighted by Crippen LogP contribution is 2.35. The van der Waals surface area contributed by atoms with Gasteiger partial charge in [-0.25, -0.2) is 0 Å². The van der Waals surface area contributed by atoms with E-state index in [-0.39, 0.29) is 13.6 Å². The van der Waals surface area contributed by atoms with Crippen LogP contribution in [-0.4, -0.2) is 38.7 Å². The lowest BCUT2D eigenvalue weighted by Crippen LogP contribution is -2.07. The van der Waals surface area contributed by atoms with Gasteiger partial charge in [-0.3, -0.25) is 0 Å². The van der Waals surface area contributed by atoms with E-state index in [2.05, 4.69) is 5.16 Å². The van der Waals surface area contributed by atoms with Crippen LogP contribution in [0.1, 0.15) is 24.8 Å². The number of hydrogen-bond acceptors (Lipinski definition) is 6. The normalized spacial score (nSPS) is 16.5. The highest BCUT2D eigenvalue weighted by molar-refractivity contribution is 6.02. The van der Waals surface area contributed by atoms with Gasteiger partial charge in [0.25, 0.3) is 0 Å². The van der Waals surface area contributed by atoms with Gasteiger partial charge in [0.05, 0.1) is 5.71 Å². The van der Waals surface area contributed by atoms with Crippen LogP contribution in [0.2, 0.25) is 0 Å². The molecule has 0 amide bonds. The van der Waals surface area contributed by atoms with Gasteiger partial charge < -0.3 is 24.2 Å². The van der Waals surface area contributed by atoms with Crippen molar-refractivity contribution in [3.8, 4) is 11.5 Å². The summed E-state index contributed by atoms with van der Waals surface area (Å²) in [5.41, 5.74) is 2.70. The molecule has 0 aromatic heterocycles. The van der Waals surface area contributed by atoms with E-state index in [0.29, 0.717) is 17.2 Å². The summed E-state index contributed by atoms with van der Waals surface area (Å²) in [5.74, 6) is 1.32. The summed E-state index contributed by atoms with van der Waals surface area (Å²) in [5, 5.41) is 12.3. The van der Waals surface area contributed by atoms with E-state index >= 15 is 0 Å².